The summed E-state index contributed by atoms with van der Waals surface area (Å²) in [5.74, 6) is 1.01. The number of nitrogens with zero attached hydrogens (tertiary/aromatic N) is 1. The summed E-state index contributed by atoms with van der Waals surface area (Å²) in [5, 5.41) is 13.7. The third-order valence-corrected chi connectivity index (χ3v) is 8.51. The number of hydrogen-bond acceptors (Lipinski definition) is 4. The number of fused-ring (bicyclic) bond motifs is 1. The van der Waals surface area contributed by atoms with Gasteiger partial charge in [-0.05, 0) is 48.3 Å². The van der Waals surface area contributed by atoms with E-state index in [1.807, 2.05) is 0 Å². The topological polar surface area (TPSA) is 47.5 Å². The van der Waals surface area contributed by atoms with Crippen LogP contribution in [0.15, 0.2) is 0 Å². The van der Waals surface area contributed by atoms with Crippen LogP contribution >= 0.6 is 0 Å². The Morgan fingerprint density at radius 2 is 1.42 bits per heavy atom. The molecule has 2 saturated carbocycles. The summed E-state index contributed by atoms with van der Waals surface area (Å²) in [6.45, 7) is 14.1. The van der Waals surface area contributed by atoms with E-state index >= 15 is 0 Å². The van der Waals surface area contributed by atoms with Crippen LogP contribution in [0, 0.1) is 22.7 Å². The monoisotopic (exact) mass is 365 g/mol. The van der Waals surface area contributed by atoms with Gasteiger partial charge in [0.05, 0.1) is 12.1 Å². The fraction of sp³-hybridized carbons (Fsp3) is 1.00. The van der Waals surface area contributed by atoms with Gasteiger partial charge in [0.1, 0.15) is 0 Å². The minimum absolute atomic E-state index is 0.168. The van der Waals surface area contributed by atoms with E-state index in [0.717, 1.165) is 19.3 Å². The molecule has 0 aromatic heterocycles. The highest BCUT2D eigenvalue weighted by Gasteiger charge is 2.50. The molecule has 0 aromatic rings. The molecular formula is C22H43N3O. The van der Waals surface area contributed by atoms with Crippen LogP contribution in [-0.4, -0.2) is 34.5 Å². The van der Waals surface area contributed by atoms with Crippen molar-refractivity contribution in [3.8, 4) is 0 Å². The fourth-order valence-corrected chi connectivity index (χ4v) is 5.50. The van der Waals surface area contributed by atoms with Crippen LogP contribution in [0.4, 0.5) is 0 Å². The van der Waals surface area contributed by atoms with E-state index in [1.54, 1.807) is 0 Å². The van der Waals surface area contributed by atoms with Crippen molar-refractivity contribution in [3.63, 3.8) is 0 Å². The zero-order valence-electron chi connectivity index (χ0n) is 18.0. The molecule has 3 aliphatic rings. The second-order valence-corrected chi connectivity index (χ2v) is 10.6. The molecule has 0 spiro atoms. The highest BCUT2D eigenvalue weighted by atomic mass is 16.3. The first-order chi connectivity index (χ1) is 12.2. The van der Waals surface area contributed by atoms with Gasteiger partial charge in [-0.2, -0.15) is 5.12 Å². The average Bonchev–Trinajstić information content (AvgIpc) is 3.05. The summed E-state index contributed by atoms with van der Waals surface area (Å²) in [6, 6.07) is 1.27. The van der Waals surface area contributed by atoms with E-state index in [-0.39, 0.29) is 17.6 Å². The lowest BCUT2D eigenvalue weighted by atomic mass is 9.58. The molecule has 1 aliphatic heterocycles. The number of nitrogens with one attached hydrogen (secondary N) is 2. The second kappa shape index (κ2) is 7.69. The summed E-state index contributed by atoms with van der Waals surface area (Å²) >= 11 is 0. The van der Waals surface area contributed by atoms with Crippen LogP contribution in [0.25, 0.3) is 0 Å². The highest BCUT2D eigenvalue weighted by molar-refractivity contribution is 5.01. The Morgan fingerprint density at radius 3 is 1.92 bits per heavy atom. The van der Waals surface area contributed by atoms with Gasteiger partial charge in [0.15, 0.2) is 0 Å². The highest BCUT2D eigenvalue weighted by Crippen LogP contribution is 2.49. The lowest BCUT2D eigenvalue weighted by molar-refractivity contribution is -0.111. The van der Waals surface area contributed by atoms with Crippen molar-refractivity contribution in [2.45, 2.75) is 117 Å². The molecule has 26 heavy (non-hydrogen) atoms. The third-order valence-electron chi connectivity index (χ3n) is 8.51. The molecule has 1 saturated heterocycles. The molecule has 152 valence electrons. The zero-order valence-corrected chi connectivity index (χ0v) is 18.0. The van der Waals surface area contributed by atoms with Crippen LogP contribution in [0.2, 0.25) is 0 Å². The molecule has 2 aliphatic carbocycles. The standard InChI is InChI=1S/C22H43N3O/c1-7-21(3,4)15-13-16(22(5,6)8-2)20(26)19(14-15)25-23-17-11-9-10-12-18(17)24-25/h15-20,23-24,26H,7-14H2,1-6H3. The van der Waals surface area contributed by atoms with Gasteiger partial charge in [-0.15, -0.1) is 0 Å². The third kappa shape index (κ3) is 3.85. The summed E-state index contributed by atoms with van der Waals surface area (Å²) < 4.78 is 0. The molecule has 0 bridgehead atoms. The molecule has 3 rings (SSSR count). The number of hydrogen-bond donors (Lipinski definition) is 3. The zero-order chi connectivity index (χ0) is 19.1. The van der Waals surface area contributed by atoms with Gasteiger partial charge in [0.2, 0.25) is 0 Å². The van der Waals surface area contributed by atoms with Gasteiger partial charge in [0, 0.05) is 12.1 Å². The number of rotatable bonds is 5. The maximum absolute atomic E-state index is 11.4. The largest absolute Gasteiger partial charge is 0.391 e. The van der Waals surface area contributed by atoms with Gasteiger partial charge in [-0.1, -0.05) is 67.2 Å². The first-order valence-corrected chi connectivity index (χ1v) is 11.2. The first kappa shape index (κ1) is 20.6. The Morgan fingerprint density at radius 1 is 0.885 bits per heavy atom. The second-order valence-electron chi connectivity index (χ2n) is 10.6. The van der Waals surface area contributed by atoms with Crippen LogP contribution in [0.5, 0.6) is 0 Å². The van der Waals surface area contributed by atoms with Crippen LogP contribution in [-0.2, 0) is 0 Å². The fourth-order valence-electron chi connectivity index (χ4n) is 5.50. The lowest BCUT2D eigenvalue weighted by Crippen LogP contribution is -2.60. The SMILES string of the molecule is CCC(C)(C)C1CC(N2NC3CCCCC3N2)C(O)C(C(C)(C)CC)C1. The van der Waals surface area contributed by atoms with E-state index in [2.05, 4.69) is 57.5 Å². The molecule has 6 unspecified atom stereocenters. The van der Waals surface area contributed by atoms with E-state index < -0.39 is 0 Å². The van der Waals surface area contributed by atoms with Crippen molar-refractivity contribution >= 4 is 0 Å². The summed E-state index contributed by atoms with van der Waals surface area (Å²) in [6.07, 6.45) is 9.45. The van der Waals surface area contributed by atoms with Crippen molar-refractivity contribution in [3.05, 3.63) is 0 Å². The predicted molar refractivity (Wildman–Crippen MR) is 108 cm³/mol. The smallest absolute Gasteiger partial charge is 0.0757 e. The van der Waals surface area contributed by atoms with Crippen molar-refractivity contribution < 1.29 is 5.11 Å². The molecule has 0 aromatic carbocycles. The minimum Gasteiger partial charge on any atom is -0.391 e. The van der Waals surface area contributed by atoms with Crippen molar-refractivity contribution in [2.24, 2.45) is 22.7 Å². The molecular weight excluding hydrogens is 322 g/mol. The predicted octanol–water partition coefficient (Wildman–Crippen LogP) is 4.25. The van der Waals surface area contributed by atoms with Crippen LogP contribution in [0.3, 0.4) is 0 Å². The Hall–Kier alpha value is -0.160. The van der Waals surface area contributed by atoms with Gasteiger partial charge in [-0.3, -0.25) is 0 Å². The van der Waals surface area contributed by atoms with Gasteiger partial charge in [-0.25, -0.2) is 10.9 Å². The first-order valence-electron chi connectivity index (χ1n) is 11.2. The van der Waals surface area contributed by atoms with E-state index in [9.17, 15) is 5.11 Å². The Balaban J connectivity index is 1.82. The summed E-state index contributed by atoms with van der Waals surface area (Å²) in [7, 11) is 0. The maximum atomic E-state index is 11.4. The normalized spacial score (nSPS) is 39.8. The molecule has 6 atom stereocenters. The van der Waals surface area contributed by atoms with E-state index in [4.69, 9.17) is 0 Å². The number of aliphatic hydroxyl groups excluding tert-OH is 1. The van der Waals surface area contributed by atoms with Gasteiger partial charge >= 0.3 is 0 Å². The molecule has 3 N–H and O–H groups in total. The molecule has 1 heterocycles. The number of hydrazine groups is 2. The van der Waals surface area contributed by atoms with Crippen LogP contribution in [0.1, 0.15) is 92.9 Å². The molecule has 0 amide bonds. The van der Waals surface area contributed by atoms with Crippen LogP contribution < -0.4 is 10.9 Å². The Labute approximate surface area is 161 Å². The quantitative estimate of drug-likeness (QED) is 0.682. The van der Waals surface area contributed by atoms with Crippen molar-refractivity contribution in [1.29, 1.82) is 0 Å². The molecule has 4 heteroatoms. The average molecular weight is 366 g/mol. The van der Waals surface area contributed by atoms with Crippen molar-refractivity contribution in [1.82, 2.24) is 16.0 Å². The number of aliphatic hydroxyl groups is 1. The molecule has 4 nitrogen and oxygen atoms in total. The Bertz CT molecular complexity index is 464. The van der Waals surface area contributed by atoms with Gasteiger partial charge < -0.3 is 5.11 Å². The van der Waals surface area contributed by atoms with E-state index in [1.165, 1.54) is 32.1 Å². The minimum atomic E-state index is -0.269. The van der Waals surface area contributed by atoms with E-state index in [0.29, 0.717) is 29.3 Å². The maximum Gasteiger partial charge on any atom is 0.0757 e. The van der Waals surface area contributed by atoms with Crippen molar-refractivity contribution in [2.75, 3.05) is 0 Å². The Kier molecular flexibility index (Phi) is 6.09. The summed E-state index contributed by atoms with van der Waals surface area (Å²) in [5.41, 5.74) is 7.97. The molecule has 0 radical (unpaired) electrons. The molecule has 3 fully saturated rings. The van der Waals surface area contributed by atoms with Gasteiger partial charge in [0.25, 0.3) is 0 Å². The lowest BCUT2D eigenvalue weighted by Gasteiger charge is -2.51. The summed E-state index contributed by atoms with van der Waals surface area (Å²) in [4.78, 5) is 0.